The summed E-state index contributed by atoms with van der Waals surface area (Å²) in [7, 11) is 0. The van der Waals surface area contributed by atoms with E-state index in [2.05, 4.69) is 5.10 Å². The van der Waals surface area contributed by atoms with E-state index in [0.717, 1.165) is 5.69 Å². The third-order valence-electron chi connectivity index (χ3n) is 2.80. The minimum atomic E-state index is -0.0572. The maximum Gasteiger partial charge on any atom is 0.168 e. The summed E-state index contributed by atoms with van der Waals surface area (Å²) in [5.74, 6) is 0.438. The highest BCUT2D eigenvalue weighted by Crippen LogP contribution is 2.25. The minimum absolute atomic E-state index is 0.0344. The molecule has 0 saturated heterocycles. The molecule has 0 bridgehead atoms. The molecule has 0 amide bonds. The summed E-state index contributed by atoms with van der Waals surface area (Å²) in [5, 5.41) is 4.21. The summed E-state index contributed by atoms with van der Waals surface area (Å²) < 4.78 is 1.59. The normalized spacial score (nSPS) is 11.5. The number of benzene rings is 1. The Morgan fingerprint density at radius 1 is 1.26 bits per heavy atom. The van der Waals surface area contributed by atoms with E-state index >= 15 is 0 Å². The average Bonchev–Trinajstić information content (AvgIpc) is 2.70. The maximum absolute atomic E-state index is 12.2. The number of nitrogens with two attached hydrogens (primary N) is 1. The minimum Gasteiger partial charge on any atom is -0.383 e. The van der Waals surface area contributed by atoms with Gasteiger partial charge in [0.2, 0.25) is 0 Å². The van der Waals surface area contributed by atoms with Crippen molar-refractivity contribution in [1.82, 2.24) is 9.78 Å². The Morgan fingerprint density at radius 3 is 2.47 bits per heavy atom. The molecule has 0 saturated carbocycles. The molecule has 0 fully saturated rings. The molecule has 2 N–H and O–H groups in total. The molecule has 1 heterocycles. The third-order valence-corrected chi connectivity index (χ3v) is 2.80. The fraction of sp³-hybridized carbons (Fsp3) is 0.333. The number of anilines is 1. The summed E-state index contributed by atoms with van der Waals surface area (Å²) in [6.07, 6.45) is 2.01. The monoisotopic (exact) mass is 257 g/mol. The van der Waals surface area contributed by atoms with Gasteiger partial charge in [0.05, 0.1) is 17.4 Å². The average molecular weight is 257 g/mol. The van der Waals surface area contributed by atoms with Crippen LogP contribution in [-0.4, -0.2) is 15.6 Å². The molecule has 0 unspecified atom stereocenters. The third kappa shape index (κ3) is 3.02. The molecular formula is C15H19N3O. The highest BCUT2D eigenvalue weighted by Gasteiger charge is 2.21. The van der Waals surface area contributed by atoms with E-state index in [4.69, 9.17) is 5.73 Å². The van der Waals surface area contributed by atoms with E-state index in [-0.39, 0.29) is 11.2 Å². The van der Waals surface area contributed by atoms with E-state index in [1.54, 1.807) is 10.9 Å². The molecule has 19 heavy (non-hydrogen) atoms. The Hall–Kier alpha value is -2.10. The van der Waals surface area contributed by atoms with Crippen molar-refractivity contribution in [3.8, 4) is 5.69 Å². The maximum atomic E-state index is 12.2. The predicted molar refractivity (Wildman–Crippen MR) is 76.4 cm³/mol. The number of hydrogen-bond donors (Lipinski definition) is 1. The van der Waals surface area contributed by atoms with Crippen molar-refractivity contribution in [2.24, 2.45) is 5.41 Å². The molecule has 0 radical (unpaired) electrons. The molecule has 0 spiro atoms. The van der Waals surface area contributed by atoms with Gasteiger partial charge in [0.15, 0.2) is 5.78 Å². The van der Waals surface area contributed by atoms with Gasteiger partial charge in [-0.2, -0.15) is 5.10 Å². The van der Waals surface area contributed by atoms with Crippen molar-refractivity contribution >= 4 is 11.6 Å². The van der Waals surface area contributed by atoms with E-state index in [1.807, 2.05) is 51.1 Å². The Balaban J connectivity index is 2.31. The first-order valence-electron chi connectivity index (χ1n) is 6.30. The molecule has 2 aromatic rings. The van der Waals surface area contributed by atoms with Crippen LogP contribution in [-0.2, 0) is 0 Å². The van der Waals surface area contributed by atoms with Crippen molar-refractivity contribution < 1.29 is 4.79 Å². The van der Waals surface area contributed by atoms with Crippen molar-refractivity contribution in [3.63, 3.8) is 0 Å². The SMILES string of the molecule is CC(C)(C)CC(=O)c1cnn(-c2ccccc2)c1N. The predicted octanol–water partition coefficient (Wildman–Crippen LogP) is 3.07. The van der Waals surface area contributed by atoms with Crippen LogP contribution in [0.1, 0.15) is 37.6 Å². The number of rotatable bonds is 3. The Bertz CT molecular complexity index is 579. The number of Topliss-reactive ketones (excluding diaryl/α,β-unsaturated/α-hetero) is 1. The molecule has 4 heteroatoms. The second-order valence-corrected chi connectivity index (χ2v) is 5.85. The lowest BCUT2D eigenvalue weighted by molar-refractivity contribution is 0.0941. The highest BCUT2D eigenvalue weighted by atomic mass is 16.1. The molecule has 4 nitrogen and oxygen atoms in total. The van der Waals surface area contributed by atoms with Crippen LogP contribution in [0.2, 0.25) is 0 Å². The topological polar surface area (TPSA) is 60.9 Å². The summed E-state index contributed by atoms with van der Waals surface area (Å²) in [6.45, 7) is 6.09. The lowest BCUT2D eigenvalue weighted by Crippen LogP contribution is -2.14. The number of nitrogens with zero attached hydrogens (tertiary/aromatic N) is 2. The van der Waals surface area contributed by atoms with Gasteiger partial charge < -0.3 is 5.73 Å². The van der Waals surface area contributed by atoms with Gasteiger partial charge in [-0.25, -0.2) is 4.68 Å². The fourth-order valence-electron chi connectivity index (χ4n) is 1.92. The highest BCUT2D eigenvalue weighted by molar-refractivity contribution is 6.00. The Morgan fingerprint density at radius 2 is 1.89 bits per heavy atom. The van der Waals surface area contributed by atoms with Crippen LogP contribution >= 0.6 is 0 Å². The summed E-state index contributed by atoms with van der Waals surface area (Å²) in [5.41, 5.74) is 7.33. The number of carbonyl (C=O) groups is 1. The van der Waals surface area contributed by atoms with Crippen LogP contribution in [0.15, 0.2) is 36.5 Å². The number of ketones is 1. The summed E-state index contributed by atoms with van der Waals surface area (Å²) in [4.78, 5) is 12.2. The lowest BCUT2D eigenvalue weighted by Gasteiger charge is -2.16. The largest absolute Gasteiger partial charge is 0.383 e. The molecule has 1 aromatic heterocycles. The molecule has 0 atom stereocenters. The van der Waals surface area contributed by atoms with Crippen LogP contribution in [0.25, 0.3) is 5.69 Å². The van der Waals surface area contributed by atoms with Crippen LogP contribution in [0.5, 0.6) is 0 Å². The van der Waals surface area contributed by atoms with Gasteiger partial charge in [-0.1, -0.05) is 39.0 Å². The van der Waals surface area contributed by atoms with E-state index < -0.39 is 0 Å². The van der Waals surface area contributed by atoms with Gasteiger partial charge in [0.1, 0.15) is 5.82 Å². The van der Waals surface area contributed by atoms with E-state index in [9.17, 15) is 4.79 Å². The van der Waals surface area contributed by atoms with E-state index in [1.165, 1.54) is 0 Å². The van der Waals surface area contributed by atoms with Gasteiger partial charge in [-0.05, 0) is 17.5 Å². The van der Waals surface area contributed by atoms with Gasteiger partial charge in [0.25, 0.3) is 0 Å². The quantitative estimate of drug-likeness (QED) is 0.859. The lowest BCUT2D eigenvalue weighted by atomic mass is 9.88. The fourth-order valence-corrected chi connectivity index (χ4v) is 1.92. The first-order chi connectivity index (χ1) is 8.88. The summed E-state index contributed by atoms with van der Waals surface area (Å²) >= 11 is 0. The van der Waals surface area contributed by atoms with Crippen molar-refractivity contribution in [3.05, 3.63) is 42.1 Å². The molecule has 1 aromatic carbocycles. The zero-order chi connectivity index (χ0) is 14.0. The second-order valence-electron chi connectivity index (χ2n) is 5.85. The first kappa shape index (κ1) is 13.3. The van der Waals surface area contributed by atoms with Gasteiger partial charge in [-0.3, -0.25) is 4.79 Å². The van der Waals surface area contributed by atoms with Crippen molar-refractivity contribution in [2.45, 2.75) is 27.2 Å². The number of nitrogen functional groups attached to an aromatic ring is 1. The molecule has 2 rings (SSSR count). The number of hydrogen-bond acceptors (Lipinski definition) is 3. The number of carbonyl (C=O) groups excluding carboxylic acids is 1. The molecule has 0 aliphatic carbocycles. The number of para-hydroxylation sites is 1. The van der Waals surface area contributed by atoms with Crippen molar-refractivity contribution in [1.29, 1.82) is 0 Å². The van der Waals surface area contributed by atoms with E-state index in [0.29, 0.717) is 17.8 Å². The van der Waals surface area contributed by atoms with Crippen LogP contribution < -0.4 is 5.73 Å². The van der Waals surface area contributed by atoms with Gasteiger partial charge >= 0.3 is 0 Å². The molecule has 100 valence electrons. The van der Waals surface area contributed by atoms with Gasteiger partial charge in [0, 0.05) is 6.42 Å². The van der Waals surface area contributed by atoms with Gasteiger partial charge in [-0.15, -0.1) is 0 Å². The Kier molecular flexibility index (Phi) is 3.42. The van der Waals surface area contributed by atoms with Crippen molar-refractivity contribution in [2.75, 3.05) is 5.73 Å². The Labute approximate surface area is 113 Å². The zero-order valence-electron chi connectivity index (χ0n) is 11.6. The molecule has 0 aliphatic rings. The summed E-state index contributed by atoms with van der Waals surface area (Å²) in [6, 6.07) is 9.55. The van der Waals surface area contributed by atoms with Crippen LogP contribution in [0.4, 0.5) is 5.82 Å². The first-order valence-corrected chi connectivity index (χ1v) is 6.30. The molecular weight excluding hydrogens is 238 g/mol. The standard InChI is InChI=1S/C15H19N3O/c1-15(2,3)9-13(19)12-10-17-18(14(12)16)11-7-5-4-6-8-11/h4-8,10H,9,16H2,1-3H3. The smallest absolute Gasteiger partial charge is 0.168 e. The zero-order valence-corrected chi connectivity index (χ0v) is 11.6. The van der Waals surface area contributed by atoms with Crippen LogP contribution in [0, 0.1) is 5.41 Å². The second kappa shape index (κ2) is 4.88. The number of aromatic nitrogens is 2. The van der Waals surface area contributed by atoms with Crippen LogP contribution in [0.3, 0.4) is 0 Å². The molecule has 0 aliphatic heterocycles.